The molecule has 0 spiro atoms. The fourth-order valence-corrected chi connectivity index (χ4v) is 2.89. The molecule has 0 unspecified atom stereocenters. The van der Waals surface area contributed by atoms with Gasteiger partial charge in [0.05, 0.1) is 0 Å². The smallest absolute Gasteiger partial charge is 0.126 e. The van der Waals surface area contributed by atoms with Crippen LogP contribution >= 0.6 is 33.2 Å². The Kier molecular flexibility index (Phi) is 7.55. The summed E-state index contributed by atoms with van der Waals surface area (Å²) in [5, 5.41) is 0. The minimum atomic E-state index is -2.42. The number of halogens is 3. The van der Waals surface area contributed by atoms with E-state index in [1.165, 1.54) is 11.1 Å². The van der Waals surface area contributed by atoms with Crippen LogP contribution in [-0.4, -0.2) is 6.00 Å². The summed E-state index contributed by atoms with van der Waals surface area (Å²) in [4.78, 5) is 0. The van der Waals surface area contributed by atoms with Crippen molar-refractivity contribution in [1.82, 2.24) is 0 Å². The van der Waals surface area contributed by atoms with Crippen molar-refractivity contribution in [3.63, 3.8) is 0 Å². The molecule has 0 aromatic heterocycles. The van der Waals surface area contributed by atoms with Gasteiger partial charge in [-0.15, -0.1) is 33.2 Å². The molecule has 102 valence electrons. The number of hydrogen-bond acceptors (Lipinski definition) is 0. The van der Waals surface area contributed by atoms with Gasteiger partial charge in [-0.1, -0.05) is 66.2 Å². The lowest BCUT2D eigenvalue weighted by molar-refractivity contribution is 1.12. The quantitative estimate of drug-likeness (QED) is 0.486. The molecule has 0 radical (unpaired) electrons. The van der Waals surface area contributed by atoms with Crippen LogP contribution in [0, 0.1) is 6.92 Å². The molecule has 0 amide bonds. The predicted molar refractivity (Wildman–Crippen MR) is 89.4 cm³/mol. The first kappa shape index (κ1) is 16.6. The van der Waals surface area contributed by atoms with Gasteiger partial charge in [-0.05, 0) is 25.0 Å². The maximum atomic E-state index is 5.75. The van der Waals surface area contributed by atoms with Crippen molar-refractivity contribution in [3.8, 4) is 0 Å². The minimum Gasteiger partial charge on any atom is -0.126 e. The first-order valence-electron chi connectivity index (χ1n) is 6.10. The van der Waals surface area contributed by atoms with E-state index in [0.717, 1.165) is 6.42 Å². The summed E-state index contributed by atoms with van der Waals surface area (Å²) in [5.74, 6) is 0. The van der Waals surface area contributed by atoms with Gasteiger partial charge in [0.2, 0.25) is 0 Å². The van der Waals surface area contributed by atoms with Gasteiger partial charge in [0.25, 0.3) is 0 Å². The average molecular weight is 332 g/mol. The van der Waals surface area contributed by atoms with Gasteiger partial charge in [0.15, 0.2) is 0 Å². The highest BCUT2D eigenvalue weighted by Crippen LogP contribution is 2.26. The molecule has 0 aliphatic rings. The lowest BCUT2D eigenvalue weighted by atomic mass is 10.2. The Balaban J connectivity index is 0.000000218. The van der Waals surface area contributed by atoms with Gasteiger partial charge in [-0.3, -0.25) is 0 Å². The molecule has 0 atom stereocenters. The van der Waals surface area contributed by atoms with E-state index < -0.39 is 6.00 Å². The van der Waals surface area contributed by atoms with Crippen LogP contribution in [0.2, 0.25) is 6.04 Å². The van der Waals surface area contributed by atoms with Crippen LogP contribution in [0.1, 0.15) is 11.1 Å². The van der Waals surface area contributed by atoms with Crippen LogP contribution in [0.4, 0.5) is 0 Å². The molecule has 0 saturated heterocycles. The van der Waals surface area contributed by atoms with Gasteiger partial charge in [0, 0.05) is 0 Å². The summed E-state index contributed by atoms with van der Waals surface area (Å²) in [6.45, 7) is 2.08. The molecular weight excluding hydrogens is 315 g/mol. The zero-order valence-electron chi connectivity index (χ0n) is 10.8. The first-order chi connectivity index (χ1) is 8.97. The Labute approximate surface area is 130 Å². The Morgan fingerprint density at radius 2 is 1.26 bits per heavy atom. The largest absolute Gasteiger partial charge is 0.341 e. The second-order valence-corrected chi connectivity index (χ2v) is 13.5. The third-order valence-corrected chi connectivity index (χ3v) is 5.00. The number of benzene rings is 2. The summed E-state index contributed by atoms with van der Waals surface area (Å²) < 4.78 is 0. The van der Waals surface area contributed by atoms with E-state index in [1.54, 1.807) is 0 Å². The molecule has 0 aliphatic carbocycles. The summed E-state index contributed by atoms with van der Waals surface area (Å²) in [7, 11) is 0. The molecule has 2 aromatic carbocycles. The highest BCUT2D eigenvalue weighted by atomic mass is 35.8. The van der Waals surface area contributed by atoms with E-state index in [0.29, 0.717) is 6.04 Å². The van der Waals surface area contributed by atoms with Crippen LogP contribution < -0.4 is 0 Å². The fraction of sp³-hybridized carbons (Fsp3) is 0.200. The van der Waals surface area contributed by atoms with E-state index >= 15 is 0 Å². The molecule has 0 aliphatic heterocycles. The van der Waals surface area contributed by atoms with Gasteiger partial charge < -0.3 is 0 Å². The summed E-state index contributed by atoms with van der Waals surface area (Å²) in [6.07, 6.45) is 0.865. The van der Waals surface area contributed by atoms with E-state index in [2.05, 4.69) is 19.1 Å². The van der Waals surface area contributed by atoms with Gasteiger partial charge in [-0.2, -0.15) is 0 Å². The topological polar surface area (TPSA) is 0 Å². The molecule has 0 saturated carbocycles. The third kappa shape index (κ3) is 9.12. The molecule has 2 rings (SSSR count). The lowest BCUT2D eigenvalue weighted by Crippen LogP contribution is -2.09. The highest BCUT2D eigenvalue weighted by Gasteiger charge is 2.23. The van der Waals surface area contributed by atoms with Crippen molar-refractivity contribution in [2.45, 2.75) is 19.4 Å². The molecule has 0 heterocycles. The SMILES string of the molecule is Cc1ccccc1.Cl[Si](Cl)(Cl)CCc1ccccc1. The molecular formula is C15H17Cl3Si. The van der Waals surface area contributed by atoms with Crippen molar-refractivity contribution < 1.29 is 0 Å². The van der Waals surface area contributed by atoms with E-state index in [1.807, 2.05) is 48.5 Å². The Morgan fingerprint density at radius 3 is 1.63 bits per heavy atom. The van der Waals surface area contributed by atoms with Crippen LogP contribution in [0.25, 0.3) is 0 Å². The maximum Gasteiger partial charge on any atom is 0.341 e. The van der Waals surface area contributed by atoms with E-state index in [9.17, 15) is 0 Å². The fourth-order valence-electron chi connectivity index (χ4n) is 1.47. The normalized spacial score (nSPS) is 10.5. The molecule has 0 bridgehead atoms. The standard InChI is InChI=1S/C8H9Cl3Si.C7H8/c9-12(10,11)7-6-8-4-2-1-3-5-8;1-7-5-3-2-4-6-7/h1-5H,6-7H2;2-6H,1H3. The van der Waals surface area contributed by atoms with E-state index in [4.69, 9.17) is 33.2 Å². The first-order valence-corrected chi connectivity index (χ1v) is 11.3. The highest BCUT2D eigenvalue weighted by molar-refractivity contribution is 7.64. The second kappa shape index (κ2) is 8.65. The third-order valence-electron chi connectivity index (χ3n) is 2.48. The van der Waals surface area contributed by atoms with Gasteiger partial charge >= 0.3 is 6.00 Å². The van der Waals surface area contributed by atoms with Crippen LogP contribution in [0.5, 0.6) is 0 Å². The minimum absolute atomic E-state index is 0.696. The number of rotatable bonds is 3. The number of hydrogen-bond donors (Lipinski definition) is 0. The lowest BCUT2D eigenvalue weighted by Gasteiger charge is -2.06. The Bertz CT molecular complexity index is 452. The molecule has 0 N–H and O–H groups in total. The monoisotopic (exact) mass is 330 g/mol. The van der Waals surface area contributed by atoms with Crippen molar-refractivity contribution in [3.05, 3.63) is 71.8 Å². The van der Waals surface area contributed by atoms with Crippen molar-refractivity contribution in [2.75, 3.05) is 0 Å². The number of aryl methyl sites for hydroxylation is 2. The zero-order chi connectivity index (χ0) is 14.1. The summed E-state index contributed by atoms with van der Waals surface area (Å²) in [5.41, 5.74) is 2.55. The molecule has 2 aromatic rings. The van der Waals surface area contributed by atoms with Crippen molar-refractivity contribution in [1.29, 1.82) is 0 Å². The zero-order valence-corrected chi connectivity index (χ0v) is 14.1. The van der Waals surface area contributed by atoms with Crippen LogP contribution in [0.15, 0.2) is 60.7 Å². The van der Waals surface area contributed by atoms with E-state index in [-0.39, 0.29) is 0 Å². The molecule has 0 fully saturated rings. The van der Waals surface area contributed by atoms with Crippen LogP contribution in [-0.2, 0) is 6.42 Å². The summed E-state index contributed by atoms with van der Waals surface area (Å²) in [6, 6.07) is 18.6. The Hall–Kier alpha value is -0.473. The van der Waals surface area contributed by atoms with Crippen molar-refractivity contribution in [2.24, 2.45) is 0 Å². The van der Waals surface area contributed by atoms with Gasteiger partial charge in [0.1, 0.15) is 0 Å². The predicted octanol–water partition coefficient (Wildman–Crippen LogP) is 5.88. The maximum absolute atomic E-state index is 5.75. The molecule has 4 heteroatoms. The molecule has 19 heavy (non-hydrogen) atoms. The van der Waals surface area contributed by atoms with Crippen molar-refractivity contribution >= 4 is 39.2 Å². The second-order valence-electron chi connectivity index (χ2n) is 4.26. The van der Waals surface area contributed by atoms with Crippen LogP contribution in [0.3, 0.4) is 0 Å². The molecule has 0 nitrogen and oxygen atoms in total. The average Bonchev–Trinajstić information content (AvgIpc) is 2.39. The Morgan fingerprint density at radius 1 is 0.789 bits per heavy atom. The van der Waals surface area contributed by atoms with Gasteiger partial charge in [-0.25, -0.2) is 0 Å². The summed E-state index contributed by atoms with van der Waals surface area (Å²) >= 11 is 17.3.